The molecule has 1 N–H and O–H groups in total. The van der Waals surface area contributed by atoms with Gasteiger partial charge in [0.05, 0.1) is 5.41 Å². The maximum Gasteiger partial charge on any atom is 0.229 e. The molecule has 1 aliphatic carbocycles. The Morgan fingerprint density at radius 2 is 1.81 bits per heavy atom. The zero-order valence-electron chi connectivity index (χ0n) is 12.6. The molecule has 0 aromatic heterocycles. The van der Waals surface area contributed by atoms with E-state index >= 15 is 0 Å². The third-order valence-corrected chi connectivity index (χ3v) is 5.83. The molecule has 21 heavy (non-hydrogen) atoms. The molecule has 0 bridgehead atoms. The standard InChI is InChI=1S/C18H24N2O/c21-17(20-12-15-10-19-11-16(15)13-20)18(7-4-8-18)9-14-5-2-1-3-6-14/h1-3,5-6,15-16,19H,4,7-13H2/t15-,16+. The highest BCUT2D eigenvalue weighted by Crippen LogP contribution is 2.46. The van der Waals surface area contributed by atoms with Crippen molar-refractivity contribution in [1.82, 2.24) is 10.2 Å². The van der Waals surface area contributed by atoms with Crippen LogP contribution in [0.15, 0.2) is 30.3 Å². The number of hydrogen-bond donors (Lipinski definition) is 1. The molecule has 112 valence electrons. The van der Waals surface area contributed by atoms with Crippen molar-refractivity contribution in [3.8, 4) is 0 Å². The van der Waals surface area contributed by atoms with Crippen LogP contribution in [0, 0.1) is 17.3 Å². The maximum atomic E-state index is 13.1. The Labute approximate surface area is 126 Å². The Hall–Kier alpha value is -1.35. The van der Waals surface area contributed by atoms with Crippen LogP contribution in [0.25, 0.3) is 0 Å². The van der Waals surface area contributed by atoms with Gasteiger partial charge in [-0.3, -0.25) is 4.79 Å². The number of nitrogens with one attached hydrogen (secondary N) is 1. The number of carbonyl (C=O) groups excluding carboxylic acids is 1. The summed E-state index contributed by atoms with van der Waals surface area (Å²) >= 11 is 0. The smallest absolute Gasteiger partial charge is 0.229 e. The molecule has 1 aromatic carbocycles. The van der Waals surface area contributed by atoms with Crippen LogP contribution in [0.1, 0.15) is 24.8 Å². The van der Waals surface area contributed by atoms with Crippen molar-refractivity contribution in [2.24, 2.45) is 17.3 Å². The van der Waals surface area contributed by atoms with Gasteiger partial charge in [0.15, 0.2) is 0 Å². The van der Waals surface area contributed by atoms with Crippen LogP contribution in [0.5, 0.6) is 0 Å². The predicted octanol–water partition coefficient (Wildman–Crippen LogP) is 2.08. The van der Waals surface area contributed by atoms with Gasteiger partial charge in [0, 0.05) is 26.2 Å². The number of likely N-dealkylation sites (tertiary alicyclic amines) is 1. The summed E-state index contributed by atoms with van der Waals surface area (Å²) in [7, 11) is 0. The minimum Gasteiger partial charge on any atom is -0.342 e. The van der Waals surface area contributed by atoms with E-state index in [1.807, 2.05) is 6.07 Å². The molecular formula is C18H24N2O. The van der Waals surface area contributed by atoms with Crippen molar-refractivity contribution >= 4 is 5.91 Å². The summed E-state index contributed by atoms with van der Waals surface area (Å²) < 4.78 is 0. The zero-order chi connectivity index (χ0) is 14.3. The van der Waals surface area contributed by atoms with Crippen molar-refractivity contribution in [2.45, 2.75) is 25.7 Å². The number of rotatable bonds is 3. The number of nitrogens with zero attached hydrogens (tertiary/aromatic N) is 1. The number of amides is 1. The number of hydrogen-bond acceptors (Lipinski definition) is 2. The molecule has 1 amide bonds. The van der Waals surface area contributed by atoms with Crippen LogP contribution in [-0.4, -0.2) is 37.0 Å². The molecule has 3 fully saturated rings. The van der Waals surface area contributed by atoms with E-state index in [-0.39, 0.29) is 5.41 Å². The fourth-order valence-corrected chi connectivity index (χ4v) is 4.41. The van der Waals surface area contributed by atoms with E-state index < -0.39 is 0 Å². The Morgan fingerprint density at radius 1 is 1.14 bits per heavy atom. The number of carbonyl (C=O) groups is 1. The highest BCUT2D eigenvalue weighted by atomic mass is 16.2. The second-order valence-electron chi connectivity index (χ2n) is 7.18. The van der Waals surface area contributed by atoms with Crippen molar-refractivity contribution in [3.05, 3.63) is 35.9 Å². The van der Waals surface area contributed by atoms with Crippen molar-refractivity contribution in [2.75, 3.05) is 26.2 Å². The lowest BCUT2D eigenvalue weighted by molar-refractivity contribution is -0.146. The van der Waals surface area contributed by atoms with Gasteiger partial charge in [-0.05, 0) is 36.7 Å². The van der Waals surface area contributed by atoms with Crippen LogP contribution in [0.4, 0.5) is 0 Å². The molecular weight excluding hydrogens is 260 g/mol. The van der Waals surface area contributed by atoms with Gasteiger partial charge in [0.1, 0.15) is 0 Å². The van der Waals surface area contributed by atoms with Gasteiger partial charge in [-0.15, -0.1) is 0 Å². The molecule has 1 saturated carbocycles. The summed E-state index contributed by atoms with van der Waals surface area (Å²) in [5.41, 5.74) is 1.22. The van der Waals surface area contributed by atoms with Crippen LogP contribution < -0.4 is 5.32 Å². The zero-order valence-corrected chi connectivity index (χ0v) is 12.6. The van der Waals surface area contributed by atoms with E-state index in [1.165, 1.54) is 12.0 Å². The quantitative estimate of drug-likeness (QED) is 0.921. The number of benzene rings is 1. The van der Waals surface area contributed by atoms with Crippen molar-refractivity contribution in [3.63, 3.8) is 0 Å². The molecule has 0 radical (unpaired) electrons. The SMILES string of the molecule is O=C(N1C[C@H]2CNC[C@H]2C1)C1(Cc2ccccc2)CCC1. The number of fused-ring (bicyclic) bond motifs is 1. The molecule has 3 nitrogen and oxygen atoms in total. The van der Waals surface area contributed by atoms with Crippen molar-refractivity contribution < 1.29 is 4.79 Å². The van der Waals surface area contributed by atoms with Gasteiger partial charge in [0.2, 0.25) is 5.91 Å². The molecule has 2 saturated heterocycles. The molecule has 0 unspecified atom stereocenters. The van der Waals surface area contributed by atoms with Gasteiger partial charge < -0.3 is 10.2 Å². The van der Waals surface area contributed by atoms with E-state index in [4.69, 9.17) is 0 Å². The maximum absolute atomic E-state index is 13.1. The van der Waals surface area contributed by atoms with E-state index in [0.29, 0.717) is 17.7 Å². The monoisotopic (exact) mass is 284 g/mol. The van der Waals surface area contributed by atoms with Gasteiger partial charge >= 0.3 is 0 Å². The summed E-state index contributed by atoms with van der Waals surface area (Å²) in [6.45, 7) is 4.15. The van der Waals surface area contributed by atoms with Crippen LogP contribution in [0.2, 0.25) is 0 Å². The first-order valence-electron chi connectivity index (χ1n) is 8.31. The van der Waals surface area contributed by atoms with E-state index in [1.54, 1.807) is 0 Å². The summed E-state index contributed by atoms with van der Waals surface area (Å²) in [5.74, 6) is 1.83. The fraction of sp³-hybridized carbons (Fsp3) is 0.611. The summed E-state index contributed by atoms with van der Waals surface area (Å²) in [5, 5.41) is 3.45. The molecule has 2 heterocycles. The largest absolute Gasteiger partial charge is 0.342 e. The van der Waals surface area contributed by atoms with E-state index in [2.05, 4.69) is 34.5 Å². The minimum atomic E-state index is -0.0899. The lowest BCUT2D eigenvalue weighted by Gasteiger charge is -2.43. The van der Waals surface area contributed by atoms with Crippen LogP contribution in [-0.2, 0) is 11.2 Å². The van der Waals surface area contributed by atoms with Crippen molar-refractivity contribution in [1.29, 1.82) is 0 Å². The lowest BCUT2D eigenvalue weighted by atomic mass is 9.64. The third-order valence-electron chi connectivity index (χ3n) is 5.83. The van der Waals surface area contributed by atoms with Crippen LogP contribution >= 0.6 is 0 Å². The minimum absolute atomic E-state index is 0.0899. The molecule has 2 aliphatic heterocycles. The van der Waals surface area contributed by atoms with E-state index in [0.717, 1.165) is 45.4 Å². The molecule has 1 aromatic rings. The Bertz CT molecular complexity index is 511. The molecule has 0 spiro atoms. The molecule has 4 rings (SSSR count). The Kier molecular flexibility index (Phi) is 3.26. The molecule has 2 atom stereocenters. The molecule has 3 heteroatoms. The highest BCUT2D eigenvalue weighted by molar-refractivity contribution is 5.84. The summed E-state index contributed by atoms with van der Waals surface area (Å²) in [6.07, 6.45) is 4.28. The van der Waals surface area contributed by atoms with Gasteiger partial charge in [0.25, 0.3) is 0 Å². The van der Waals surface area contributed by atoms with Gasteiger partial charge in [-0.25, -0.2) is 0 Å². The van der Waals surface area contributed by atoms with Crippen LogP contribution in [0.3, 0.4) is 0 Å². The first-order valence-corrected chi connectivity index (χ1v) is 8.31. The predicted molar refractivity (Wildman–Crippen MR) is 82.9 cm³/mol. The topological polar surface area (TPSA) is 32.3 Å². The normalized spacial score (nSPS) is 30.0. The average Bonchev–Trinajstić information content (AvgIpc) is 3.04. The second-order valence-corrected chi connectivity index (χ2v) is 7.18. The fourth-order valence-electron chi connectivity index (χ4n) is 4.41. The average molecular weight is 284 g/mol. The summed E-state index contributed by atoms with van der Waals surface area (Å²) in [6, 6.07) is 10.5. The first-order chi connectivity index (χ1) is 10.3. The molecule has 3 aliphatic rings. The highest BCUT2D eigenvalue weighted by Gasteiger charge is 2.49. The summed E-state index contributed by atoms with van der Waals surface area (Å²) in [4.78, 5) is 15.3. The second kappa shape index (κ2) is 5.13. The van der Waals surface area contributed by atoms with Gasteiger partial charge in [-0.2, -0.15) is 0 Å². The Balaban J connectivity index is 1.49. The van der Waals surface area contributed by atoms with E-state index in [9.17, 15) is 4.79 Å². The third kappa shape index (κ3) is 2.28. The Morgan fingerprint density at radius 3 is 2.38 bits per heavy atom. The first kappa shape index (κ1) is 13.3. The van der Waals surface area contributed by atoms with Gasteiger partial charge in [-0.1, -0.05) is 36.8 Å². The lowest BCUT2D eigenvalue weighted by Crippen LogP contribution is -2.49.